The van der Waals surface area contributed by atoms with Crippen molar-refractivity contribution in [3.63, 3.8) is 0 Å². The van der Waals surface area contributed by atoms with Gasteiger partial charge in [0, 0.05) is 17.4 Å². The Balaban J connectivity index is 1.65. The number of amides is 1. The molecule has 35 heavy (non-hydrogen) atoms. The summed E-state index contributed by atoms with van der Waals surface area (Å²) in [6, 6.07) is 13.5. The number of ether oxygens (including phenoxy) is 3. The summed E-state index contributed by atoms with van der Waals surface area (Å²) >= 11 is 10.1. The van der Waals surface area contributed by atoms with Gasteiger partial charge in [0.2, 0.25) is 0 Å². The normalized spacial score (nSPS) is 14.5. The van der Waals surface area contributed by atoms with E-state index in [1.165, 1.54) is 16.7 Å². The largest absolute Gasteiger partial charge is 0.490 e. The average Bonchev–Trinajstić information content (AvgIpc) is 3.10. The van der Waals surface area contributed by atoms with E-state index >= 15 is 0 Å². The van der Waals surface area contributed by atoms with Crippen molar-refractivity contribution < 1.29 is 23.8 Å². The maximum atomic E-state index is 12.9. The molecule has 9 heteroatoms. The zero-order chi connectivity index (χ0) is 25.2. The minimum atomic E-state index is -0.251. The number of thiocarbonyl (C=S) groups is 1. The Labute approximate surface area is 224 Å². The summed E-state index contributed by atoms with van der Waals surface area (Å²) in [5.74, 6) is 0.831. The molecule has 2 aromatic rings. The van der Waals surface area contributed by atoms with Crippen LogP contribution in [0, 0.1) is 0 Å². The van der Waals surface area contributed by atoms with E-state index in [0.717, 1.165) is 22.0 Å². The molecule has 1 fully saturated rings. The number of nitrogens with zero attached hydrogens (tertiary/aromatic N) is 1. The number of benzene rings is 2. The molecule has 0 spiro atoms. The second-order valence-corrected chi connectivity index (χ2v) is 10.3. The van der Waals surface area contributed by atoms with Crippen LogP contribution in [0.3, 0.4) is 0 Å². The number of hydrogen-bond donors (Lipinski definition) is 0. The van der Waals surface area contributed by atoms with Crippen LogP contribution in [0.1, 0.15) is 44.2 Å². The first-order valence-corrected chi connectivity index (χ1v) is 13.5. The number of thioether (sulfide) groups is 1. The lowest BCUT2D eigenvalue weighted by Gasteiger charge is -2.14. The Hall–Kier alpha value is -2.36. The maximum absolute atomic E-state index is 12.9. The molecule has 0 bridgehead atoms. The Bertz CT molecular complexity index is 1100. The van der Waals surface area contributed by atoms with Crippen molar-refractivity contribution in [2.24, 2.45) is 0 Å². The lowest BCUT2D eigenvalue weighted by atomic mass is 10.1. The van der Waals surface area contributed by atoms with Gasteiger partial charge in [-0.15, -0.1) is 0 Å². The van der Waals surface area contributed by atoms with Crippen LogP contribution in [-0.4, -0.2) is 40.9 Å². The van der Waals surface area contributed by atoms with Crippen molar-refractivity contribution in [3.05, 3.63) is 63.0 Å². The van der Waals surface area contributed by atoms with Gasteiger partial charge in [-0.3, -0.25) is 14.5 Å². The van der Waals surface area contributed by atoms with Gasteiger partial charge in [-0.05, 0) is 61.2 Å². The molecule has 1 amide bonds. The Morgan fingerprint density at radius 3 is 2.71 bits per heavy atom. The van der Waals surface area contributed by atoms with Crippen LogP contribution in [0.2, 0.25) is 0 Å². The molecule has 0 radical (unpaired) electrons. The highest BCUT2D eigenvalue weighted by Crippen LogP contribution is 2.35. The van der Waals surface area contributed by atoms with E-state index in [1.54, 1.807) is 6.08 Å². The fraction of sp³-hybridized carbons (Fsp3) is 0.346. The fourth-order valence-electron chi connectivity index (χ4n) is 3.30. The van der Waals surface area contributed by atoms with Gasteiger partial charge in [-0.25, -0.2) is 0 Å². The third kappa shape index (κ3) is 8.08. The third-order valence-electron chi connectivity index (χ3n) is 4.95. The van der Waals surface area contributed by atoms with Gasteiger partial charge >= 0.3 is 5.97 Å². The van der Waals surface area contributed by atoms with Gasteiger partial charge in [0.25, 0.3) is 5.91 Å². The second kappa shape index (κ2) is 13.7. The standard InChI is InChI=1S/C26H28BrNO5S2/c1-3-13-32-24(29)9-6-12-28-25(30)23(35-26(28)34)16-18-10-11-21(22(15-18)31-4-2)33-17-19-7-5-8-20(27)14-19/h5,7-8,10-11,14-16H,3-4,6,9,12-13,17H2,1-2H3/b23-16+. The predicted molar refractivity (Wildman–Crippen MR) is 146 cm³/mol. The monoisotopic (exact) mass is 577 g/mol. The molecule has 0 aliphatic carbocycles. The molecule has 0 N–H and O–H groups in total. The van der Waals surface area contributed by atoms with E-state index in [4.69, 9.17) is 26.4 Å². The first-order chi connectivity index (χ1) is 16.9. The molecule has 2 aromatic carbocycles. The van der Waals surface area contributed by atoms with Gasteiger partial charge in [-0.1, -0.05) is 65.0 Å². The minimum absolute atomic E-state index is 0.158. The molecular formula is C26H28BrNO5S2. The Kier molecular flexibility index (Phi) is 10.6. The van der Waals surface area contributed by atoms with E-state index in [0.29, 0.717) is 53.5 Å². The van der Waals surface area contributed by atoms with Crippen molar-refractivity contribution in [2.45, 2.75) is 39.7 Å². The molecule has 0 aromatic heterocycles. The van der Waals surface area contributed by atoms with E-state index < -0.39 is 0 Å². The Morgan fingerprint density at radius 1 is 1.14 bits per heavy atom. The summed E-state index contributed by atoms with van der Waals surface area (Å²) in [6.45, 7) is 5.55. The van der Waals surface area contributed by atoms with Crippen LogP contribution < -0.4 is 9.47 Å². The molecule has 186 valence electrons. The van der Waals surface area contributed by atoms with Crippen molar-refractivity contribution in [2.75, 3.05) is 19.8 Å². The van der Waals surface area contributed by atoms with Crippen molar-refractivity contribution in [1.29, 1.82) is 0 Å². The molecule has 1 saturated heterocycles. The van der Waals surface area contributed by atoms with Crippen molar-refractivity contribution in [3.8, 4) is 11.5 Å². The van der Waals surface area contributed by atoms with Crippen LogP contribution in [0.5, 0.6) is 11.5 Å². The summed E-state index contributed by atoms with van der Waals surface area (Å²) < 4.78 is 18.3. The zero-order valence-corrected chi connectivity index (χ0v) is 23.0. The highest BCUT2D eigenvalue weighted by Gasteiger charge is 2.31. The smallest absolute Gasteiger partial charge is 0.305 e. The zero-order valence-electron chi connectivity index (χ0n) is 19.8. The number of rotatable bonds is 12. The molecule has 0 atom stereocenters. The van der Waals surface area contributed by atoms with Crippen molar-refractivity contribution in [1.82, 2.24) is 4.90 Å². The predicted octanol–water partition coefficient (Wildman–Crippen LogP) is 6.36. The summed E-state index contributed by atoms with van der Waals surface area (Å²) in [7, 11) is 0. The minimum Gasteiger partial charge on any atom is -0.490 e. The fourth-order valence-corrected chi connectivity index (χ4v) is 5.06. The second-order valence-electron chi connectivity index (χ2n) is 7.72. The van der Waals surface area contributed by atoms with Crippen LogP contribution in [-0.2, 0) is 20.9 Å². The summed E-state index contributed by atoms with van der Waals surface area (Å²) in [5.41, 5.74) is 1.85. The van der Waals surface area contributed by atoms with E-state index in [9.17, 15) is 9.59 Å². The van der Waals surface area contributed by atoms with E-state index in [-0.39, 0.29) is 18.3 Å². The number of carbonyl (C=O) groups excluding carboxylic acids is 2. The Morgan fingerprint density at radius 2 is 1.97 bits per heavy atom. The highest BCUT2D eigenvalue weighted by atomic mass is 79.9. The quantitative estimate of drug-likeness (QED) is 0.165. The van der Waals surface area contributed by atoms with Gasteiger partial charge in [0.15, 0.2) is 11.5 Å². The third-order valence-corrected chi connectivity index (χ3v) is 6.82. The first-order valence-electron chi connectivity index (χ1n) is 11.5. The van der Waals surface area contributed by atoms with E-state index in [2.05, 4.69) is 15.9 Å². The van der Waals surface area contributed by atoms with E-state index in [1.807, 2.05) is 56.3 Å². The maximum Gasteiger partial charge on any atom is 0.305 e. The molecule has 1 aliphatic heterocycles. The van der Waals surface area contributed by atoms with Gasteiger partial charge in [0.1, 0.15) is 10.9 Å². The molecule has 1 aliphatic rings. The molecule has 1 heterocycles. The van der Waals surface area contributed by atoms with Gasteiger partial charge < -0.3 is 14.2 Å². The summed E-state index contributed by atoms with van der Waals surface area (Å²) in [4.78, 5) is 26.7. The van der Waals surface area contributed by atoms with Crippen LogP contribution >= 0.6 is 39.9 Å². The first kappa shape index (κ1) is 27.2. The molecule has 3 rings (SSSR count). The molecule has 0 unspecified atom stereocenters. The number of halogens is 1. The number of hydrogen-bond acceptors (Lipinski definition) is 7. The van der Waals surface area contributed by atoms with Crippen LogP contribution in [0.25, 0.3) is 6.08 Å². The van der Waals surface area contributed by atoms with Crippen LogP contribution in [0.4, 0.5) is 0 Å². The SMILES string of the molecule is CCCOC(=O)CCCN1C(=O)/C(=C\c2ccc(OCc3cccc(Br)c3)c(OCC)c2)SC1=S. The molecule has 0 saturated carbocycles. The number of carbonyl (C=O) groups is 2. The molecular weight excluding hydrogens is 550 g/mol. The lowest BCUT2D eigenvalue weighted by Crippen LogP contribution is -2.29. The summed E-state index contributed by atoms with van der Waals surface area (Å²) in [6.07, 6.45) is 3.35. The number of esters is 1. The molecule has 6 nitrogen and oxygen atoms in total. The lowest BCUT2D eigenvalue weighted by molar-refractivity contribution is -0.144. The highest BCUT2D eigenvalue weighted by molar-refractivity contribution is 9.10. The topological polar surface area (TPSA) is 65.1 Å². The average molecular weight is 579 g/mol. The summed E-state index contributed by atoms with van der Waals surface area (Å²) in [5, 5.41) is 0. The van der Waals surface area contributed by atoms with Gasteiger partial charge in [-0.2, -0.15) is 0 Å². The van der Waals surface area contributed by atoms with Crippen LogP contribution in [0.15, 0.2) is 51.8 Å². The van der Waals surface area contributed by atoms with Gasteiger partial charge in [0.05, 0.1) is 18.1 Å². The van der Waals surface area contributed by atoms with Crippen molar-refractivity contribution >= 4 is 62.2 Å².